The Morgan fingerprint density at radius 2 is 2.10 bits per heavy atom. The van der Waals surface area contributed by atoms with Gasteiger partial charge in [-0.2, -0.15) is 0 Å². The Morgan fingerprint density at radius 3 is 2.60 bits per heavy atom. The molecule has 0 bridgehead atoms. The van der Waals surface area contributed by atoms with Gasteiger partial charge in [-0.05, 0) is 27.3 Å². The molecule has 4 N–H and O–H groups in total. The molecule has 1 aromatic rings. The Balaban J connectivity index is 0.00000361. The molecule has 20 heavy (non-hydrogen) atoms. The van der Waals surface area contributed by atoms with Crippen molar-refractivity contribution in [1.29, 1.82) is 0 Å². The van der Waals surface area contributed by atoms with Gasteiger partial charge >= 0.3 is 0 Å². The van der Waals surface area contributed by atoms with Crippen LogP contribution in [0, 0.1) is 6.92 Å². The van der Waals surface area contributed by atoms with E-state index >= 15 is 0 Å². The van der Waals surface area contributed by atoms with Crippen LogP contribution in [-0.4, -0.2) is 34.0 Å². The van der Waals surface area contributed by atoms with Crippen LogP contribution in [-0.2, 0) is 10.0 Å². The molecule has 0 radical (unpaired) electrons. The van der Waals surface area contributed by atoms with Crippen molar-refractivity contribution in [2.45, 2.75) is 31.4 Å². The van der Waals surface area contributed by atoms with Gasteiger partial charge in [-0.3, -0.25) is 4.79 Å². The lowest BCUT2D eigenvalue weighted by molar-refractivity contribution is 0.0951. The number of hydrogen-bond donors (Lipinski definition) is 3. The number of carbonyl (C=O) groups excluding carboxylic acids is 1. The van der Waals surface area contributed by atoms with Gasteiger partial charge in [-0.1, -0.05) is 0 Å². The molecule has 0 fully saturated rings. The topological polar surface area (TPSA) is 114 Å². The summed E-state index contributed by atoms with van der Waals surface area (Å²) >= 11 is 0. The third-order valence-electron chi connectivity index (χ3n) is 2.56. The normalized spacial score (nSPS) is 12.6. The molecule has 0 saturated heterocycles. The summed E-state index contributed by atoms with van der Waals surface area (Å²) in [6.45, 7) is 3.80. The van der Waals surface area contributed by atoms with Crippen LogP contribution in [0.3, 0.4) is 0 Å². The SMILES string of the molecule is CNS(=O)(=O)c1cc(C(=O)NCCC(C)N)c(C)o1.Cl. The first-order valence-corrected chi connectivity index (χ1v) is 7.34. The number of amides is 1. The number of carbonyl (C=O) groups is 1. The fourth-order valence-electron chi connectivity index (χ4n) is 1.42. The quantitative estimate of drug-likeness (QED) is 0.699. The van der Waals surface area contributed by atoms with Crippen molar-refractivity contribution in [1.82, 2.24) is 10.0 Å². The smallest absolute Gasteiger partial charge is 0.273 e. The first-order chi connectivity index (χ1) is 8.77. The number of aryl methyl sites for hydroxylation is 1. The van der Waals surface area contributed by atoms with Gasteiger partial charge in [-0.25, -0.2) is 13.1 Å². The van der Waals surface area contributed by atoms with Crippen molar-refractivity contribution < 1.29 is 17.6 Å². The lowest BCUT2D eigenvalue weighted by Gasteiger charge is -2.06. The van der Waals surface area contributed by atoms with E-state index in [2.05, 4.69) is 10.0 Å². The van der Waals surface area contributed by atoms with Gasteiger partial charge < -0.3 is 15.5 Å². The van der Waals surface area contributed by atoms with Crippen molar-refractivity contribution in [3.63, 3.8) is 0 Å². The molecule has 0 spiro atoms. The van der Waals surface area contributed by atoms with Crippen molar-refractivity contribution >= 4 is 28.3 Å². The lowest BCUT2D eigenvalue weighted by atomic mass is 10.2. The van der Waals surface area contributed by atoms with Gasteiger partial charge in [0.1, 0.15) is 5.76 Å². The zero-order valence-electron chi connectivity index (χ0n) is 11.6. The third-order valence-corrected chi connectivity index (χ3v) is 3.83. The maximum Gasteiger partial charge on any atom is 0.273 e. The van der Waals surface area contributed by atoms with Crippen LogP contribution < -0.4 is 15.8 Å². The van der Waals surface area contributed by atoms with E-state index in [1.54, 1.807) is 0 Å². The van der Waals surface area contributed by atoms with Gasteiger partial charge in [0.05, 0.1) is 5.56 Å². The standard InChI is InChI=1S/C11H19N3O4S.ClH/c1-7(12)4-5-14-11(15)9-6-10(18-8(9)2)19(16,17)13-3;/h6-7,13H,4-5,12H2,1-3H3,(H,14,15);1H. The molecule has 0 aliphatic carbocycles. The van der Waals surface area contributed by atoms with Crippen LogP contribution >= 0.6 is 12.4 Å². The fourth-order valence-corrected chi connectivity index (χ4v) is 2.13. The molecule has 1 amide bonds. The second kappa shape index (κ2) is 7.63. The largest absolute Gasteiger partial charge is 0.448 e. The first-order valence-electron chi connectivity index (χ1n) is 5.85. The van der Waals surface area contributed by atoms with Crippen LogP contribution in [0.5, 0.6) is 0 Å². The van der Waals surface area contributed by atoms with E-state index in [-0.39, 0.29) is 40.8 Å². The van der Waals surface area contributed by atoms with E-state index in [1.807, 2.05) is 6.92 Å². The number of sulfonamides is 1. The maximum atomic E-state index is 11.8. The van der Waals surface area contributed by atoms with E-state index in [9.17, 15) is 13.2 Å². The Labute approximate surface area is 124 Å². The minimum absolute atomic E-state index is 0. The molecule has 9 heteroatoms. The molecular formula is C11H20ClN3O4S. The molecular weight excluding hydrogens is 306 g/mol. The summed E-state index contributed by atoms with van der Waals surface area (Å²) in [4.78, 5) is 11.8. The van der Waals surface area contributed by atoms with Crippen LogP contribution in [0.2, 0.25) is 0 Å². The highest BCUT2D eigenvalue weighted by atomic mass is 35.5. The van der Waals surface area contributed by atoms with Crippen LogP contribution in [0.4, 0.5) is 0 Å². The van der Waals surface area contributed by atoms with Gasteiger partial charge in [0.2, 0.25) is 5.09 Å². The highest BCUT2D eigenvalue weighted by Crippen LogP contribution is 2.18. The minimum atomic E-state index is -3.68. The molecule has 1 rings (SSSR count). The highest BCUT2D eigenvalue weighted by molar-refractivity contribution is 7.89. The third kappa shape index (κ3) is 4.78. The molecule has 0 aliphatic heterocycles. The van der Waals surface area contributed by atoms with Crippen molar-refractivity contribution in [2.24, 2.45) is 5.73 Å². The zero-order chi connectivity index (χ0) is 14.6. The number of rotatable bonds is 6. The maximum absolute atomic E-state index is 11.8. The van der Waals surface area contributed by atoms with E-state index in [4.69, 9.17) is 10.2 Å². The zero-order valence-corrected chi connectivity index (χ0v) is 13.2. The number of nitrogens with one attached hydrogen (secondary N) is 2. The van der Waals surface area contributed by atoms with E-state index in [0.717, 1.165) is 0 Å². The van der Waals surface area contributed by atoms with Gasteiger partial charge in [0, 0.05) is 18.7 Å². The Bertz CT molecular complexity index is 554. The molecule has 0 saturated carbocycles. The predicted molar refractivity (Wildman–Crippen MR) is 77.5 cm³/mol. The highest BCUT2D eigenvalue weighted by Gasteiger charge is 2.22. The second-order valence-electron chi connectivity index (χ2n) is 4.26. The predicted octanol–water partition coefficient (Wildman–Crippen LogP) is 0.385. The molecule has 0 aliphatic rings. The summed E-state index contributed by atoms with van der Waals surface area (Å²) in [5.74, 6) is -0.119. The average Bonchev–Trinajstić information content (AvgIpc) is 2.71. The number of hydrogen-bond acceptors (Lipinski definition) is 5. The van der Waals surface area contributed by atoms with E-state index in [1.165, 1.54) is 20.0 Å². The summed E-state index contributed by atoms with van der Waals surface area (Å²) in [5.41, 5.74) is 5.78. The molecule has 0 aromatic carbocycles. The molecule has 7 nitrogen and oxygen atoms in total. The molecule has 1 heterocycles. The van der Waals surface area contributed by atoms with Gasteiger partial charge in [0.25, 0.3) is 15.9 Å². The van der Waals surface area contributed by atoms with Gasteiger partial charge in [0.15, 0.2) is 0 Å². The first kappa shape index (κ1) is 18.9. The van der Waals surface area contributed by atoms with Crippen LogP contribution in [0.15, 0.2) is 15.6 Å². The van der Waals surface area contributed by atoms with Crippen molar-refractivity contribution in [3.8, 4) is 0 Å². The number of halogens is 1. The Hall–Kier alpha value is -1.09. The van der Waals surface area contributed by atoms with E-state index in [0.29, 0.717) is 13.0 Å². The summed E-state index contributed by atoms with van der Waals surface area (Å²) in [6, 6.07) is 1.20. The second-order valence-corrected chi connectivity index (χ2v) is 6.08. The molecule has 1 unspecified atom stereocenters. The Morgan fingerprint density at radius 1 is 1.50 bits per heavy atom. The summed E-state index contributed by atoms with van der Waals surface area (Å²) in [7, 11) is -2.41. The fraction of sp³-hybridized carbons (Fsp3) is 0.545. The molecule has 1 atom stereocenters. The van der Waals surface area contributed by atoms with Crippen molar-refractivity contribution in [2.75, 3.05) is 13.6 Å². The van der Waals surface area contributed by atoms with Crippen molar-refractivity contribution in [3.05, 3.63) is 17.4 Å². The summed E-state index contributed by atoms with van der Waals surface area (Å²) in [6.07, 6.45) is 0.643. The number of furan rings is 1. The summed E-state index contributed by atoms with van der Waals surface area (Å²) in [5, 5.41) is 2.39. The molecule has 1 aromatic heterocycles. The average molecular weight is 326 g/mol. The van der Waals surface area contributed by atoms with Crippen LogP contribution in [0.1, 0.15) is 29.5 Å². The molecule has 116 valence electrons. The summed E-state index contributed by atoms with van der Waals surface area (Å²) < 4.78 is 30.3. The van der Waals surface area contributed by atoms with E-state index < -0.39 is 10.0 Å². The van der Waals surface area contributed by atoms with Crippen LogP contribution in [0.25, 0.3) is 0 Å². The number of nitrogens with two attached hydrogens (primary N) is 1. The lowest BCUT2D eigenvalue weighted by Crippen LogP contribution is -2.29. The van der Waals surface area contributed by atoms with Gasteiger partial charge in [-0.15, -0.1) is 12.4 Å². The minimum Gasteiger partial charge on any atom is -0.448 e. The Kier molecular flexibility index (Phi) is 7.21. The monoisotopic (exact) mass is 325 g/mol.